The van der Waals surface area contributed by atoms with E-state index in [2.05, 4.69) is 10.6 Å². The molecule has 184 valence electrons. The molecule has 1 aliphatic heterocycles. The molecule has 0 radical (unpaired) electrons. The number of alkyl halides is 3. The van der Waals surface area contributed by atoms with Gasteiger partial charge < -0.3 is 5.32 Å². The molecule has 2 aliphatic rings. The second-order valence-corrected chi connectivity index (χ2v) is 9.30. The minimum absolute atomic E-state index is 0.115. The van der Waals surface area contributed by atoms with E-state index in [1.807, 2.05) is 60.7 Å². The number of carbonyl (C=O) groups is 1. The summed E-state index contributed by atoms with van der Waals surface area (Å²) in [5, 5.41) is 10.7. The Morgan fingerprint density at radius 2 is 1.74 bits per heavy atom. The molecule has 2 aromatic carbocycles. The van der Waals surface area contributed by atoms with Crippen molar-refractivity contribution in [2.75, 3.05) is 18.4 Å². The molecule has 1 aliphatic carbocycles. The van der Waals surface area contributed by atoms with Crippen LogP contribution >= 0.6 is 0 Å². The lowest BCUT2D eigenvalue weighted by Crippen LogP contribution is -2.43. The predicted octanol–water partition coefficient (Wildman–Crippen LogP) is 4.90. The first-order valence-corrected chi connectivity index (χ1v) is 11.9. The molecule has 0 spiro atoms. The molecular formula is C26H28F3N5O. The van der Waals surface area contributed by atoms with Crippen molar-refractivity contribution in [2.45, 2.75) is 50.4 Å². The number of aryl methyl sites for hydroxylation is 1. The highest BCUT2D eigenvalue weighted by atomic mass is 19.4. The molecule has 3 atom stereocenters. The van der Waals surface area contributed by atoms with Gasteiger partial charge in [-0.2, -0.15) is 18.3 Å². The van der Waals surface area contributed by atoms with Crippen LogP contribution < -0.4 is 10.6 Å². The van der Waals surface area contributed by atoms with Crippen molar-refractivity contribution in [3.8, 4) is 5.69 Å². The second kappa shape index (κ2) is 9.37. The Hall–Kier alpha value is -3.33. The number of urea groups is 1. The van der Waals surface area contributed by atoms with Gasteiger partial charge in [-0.25, -0.2) is 9.48 Å². The molecule has 1 saturated heterocycles. The van der Waals surface area contributed by atoms with Gasteiger partial charge in [-0.1, -0.05) is 48.5 Å². The summed E-state index contributed by atoms with van der Waals surface area (Å²) < 4.78 is 41.4. The highest BCUT2D eigenvalue weighted by molar-refractivity contribution is 5.90. The van der Waals surface area contributed by atoms with Gasteiger partial charge >= 0.3 is 12.2 Å². The number of aromatic nitrogens is 2. The Bertz CT molecular complexity index is 1180. The van der Waals surface area contributed by atoms with Gasteiger partial charge in [-0.05, 0) is 43.9 Å². The normalized spacial score (nSPS) is 22.2. The standard InChI is InChI=1S/C26H28F3N5O/c1-17-23(18-9-4-2-5-10-18)22(15-33(17)16-26(27,28)29)30-25(35)31-24-20-13-8-14-21(20)32-34(24)19-11-6-3-7-12-19/h2-7,9-12,17,22-23H,8,13-16H2,1H3,(H2,30,31,35)/t17-,22?,23-/m0/s1. The number of amides is 2. The third kappa shape index (κ3) is 4.91. The monoisotopic (exact) mass is 483 g/mol. The third-order valence-electron chi connectivity index (χ3n) is 6.98. The summed E-state index contributed by atoms with van der Waals surface area (Å²) in [6.07, 6.45) is -1.65. The molecular weight excluding hydrogens is 455 g/mol. The maximum Gasteiger partial charge on any atom is 0.401 e. The number of likely N-dealkylation sites (tertiary alicyclic amines) is 1. The molecule has 35 heavy (non-hydrogen) atoms. The number of rotatable bonds is 5. The van der Waals surface area contributed by atoms with Gasteiger partial charge in [0.2, 0.25) is 0 Å². The molecule has 2 heterocycles. The fourth-order valence-electron chi connectivity index (χ4n) is 5.44. The van der Waals surface area contributed by atoms with Crippen LogP contribution in [0.5, 0.6) is 0 Å². The molecule has 1 unspecified atom stereocenters. The molecule has 9 heteroatoms. The number of nitrogens with one attached hydrogen (secondary N) is 2. The van der Waals surface area contributed by atoms with Crippen LogP contribution in [-0.2, 0) is 12.8 Å². The Kier molecular flexibility index (Phi) is 6.27. The number of nitrogens with zero attached hydrogens (tertiary/aromatic N) is 3. The number of anilines is 1. The first-order valence-electron chi connectivity index (χ1n) is 11.9. The quantitative estimate of drug-likeness (QED) is 0.543. The van der Waals surface area contributed by atoms with Gasteiger partial charge in [-0.15, -0.1) is 0 Å². The van der Waals surface area contributed by atoms with Crippen LogP contribution in [0.3, 0.4) is 0 Å². The SMILES string of the molecule is C[C@H]1[C@@H](c2ccccc2)C(NC(=O)Nc2c3c(nn2-c2ccccc2)CCC3)CN1CC(F)(F)F. The molecule has 1 fully saturated rings. The van der Waals surface area contributed by atoms with E-state index in [-0.39, 0.29) is 18.5 Å². The fraction of sp³-hybridized carbons (Fsp3) is 0.385. The first-order chi connectivity index (χ1) is 16.8. The molecule has 0 bridgehead atoms. The number of hydrogen-bond donors (Lipinski definition) is 2. The van der Waals surface area contributed by atoms with Crippen LogP contribution in [-0.4, -0.2) is 52.1 Å². The van der Waals surface area contributed by atoms with E-state index >= 15 is 0 Å². The number of hydrogen-bond acceptors (Lipinski definition) is 3. The van der Waals surface area contributed by atoms with Gasteiger partial charge in [-0.3, -0.25) is 10.2 Å². The zero-order valence-corrected chi connectivity index (χ0v) is 19.4. The molecule has 0 saturated carbocycles. The summed E-state index contributed by atoms with van der Waals surface area (Å²) in [7, 11) is 0. The van der Waals surface area contributed by atoms with Crippen molar-refractivity contribution >= 4 is 11.8 Å². The first kappa shape index (κ1) is 23.4. The predicted molar refractivity (Wildman–Crippen MR) is 128 cm³/mol. The van der Waals surface area contributed by atoms with E-state index in [9.17, 15) is 18.0 Å². The maximum atomic E-state index is 13.2. The Labute approximate surface area is 202 Å². The highest BCUT2D eigenvalue weighted by Crippen LogP contribution is 2.36. The lowest BCUT2D eigenvalue weighted by atomic mass is 9.89. The lowest BCUT2D eigenvalue weighted by molar-refractivity contribution is -0.147. The molecule has 2 N–H and O–H groups in total. The van der Waals surface area contributed by atoms with Crippen molar-refractivity contribution in [1.29, 1.82) is 0 Å². The Morgan fingerprint density at radius 3 is 2.43 bits per heavy atom. The number of benzene rings is 2. The van der Waals surface area contributed by atoms with Crippen LogP contribution in [0.1, 0.15) is 36.1 Å². The van der Waals surface area contributed by atoms with Crippen molar-refractivity contribution in [2.24, 2.45) is 0 Å². The van der Waals surface area contributed by atoms with E-state index in [1.54, 1.807) is 11.6 Å². The average Bonchev–Trinajstić information content (AvgIpc) is 3.49. The smallest absolute Gasteiger partial charge is 0.333 e. The Morgan fingerprint density at radius 1 is 1.06 bits per heavy atom. The molecule has 2 amide bonds. The second-order valence-electron chi connectivity index (χ2n) is 9.30. The minimum atomic E-state index is -4.31. The average molecular weight is 484 g/mol. The largest absolute Gasteiger partial charge is 0.401 e. The molecule has 5 rings (SSSR count). The minimum Gasteiger partial charge on any atom is -0.333 e. The fourth-order valence-corrected chi connectivity index (χ4v) is 5.44. The van der Waals surface area contributed by atoms with Crippen molar-refractivity contribution < 1.29 is 18.0 Å². The summed E-state index contributed by atoms with van der Waals surface area (Å²) >= 11 is 0. The van der Waals surface area contributed by atoms with E-state index in [0.717, 1.165) is 41.8 Å². The lowest BCUT2D eigenvalue weighted by Gasteiger charge is -2.26. The number of halogens is 3. The topological polar surface area (TPSA) is 62.2 Å². The van der Waals surface area contributed by atoms with E-state index < -0.39 is 24.8 Å². The molecule has 1 aromatic heterocycles. The Balaban J connectivity index is 1.39. The highest BCUT2D eigenvalue weighted by Gasteiger charge is 2.45. The van der Waals surface area contributed by atoms with Gasteiger partial charge in [0.15, 0.2) is 0 Å². The van der Waals surface area contributed by atoms with E-state index in [4.69, 9.17) is 5.10 Å². The molecule has 3 aromatic rings. The van der Waals surface area contributed by atoms with Crippen LogP contribution in [0.15, 0.2) is 60.7 Å². The summed E-state index contributed by atoms with van der Waals surface area (Å²) in [6, 6.07) is 17.7. The van der Waals surface area contributed by atoms with Gasteiger partial charge in [0.1, 0.15) is 5.82 Å². The van der Waals surface area contributed by atoms with Crippen LogP contribution in [0.25, 0.3) is 5.69 Å². The van der Waals surface area contributed by atoms with E-state index in [0.29, 0.717) is 5.82 Å². The summed E-state index contributed by atoms with van der Waals surface area (Å²) in [5.41, 5.74) is 3.73. The number of fused-ring (bicyclic) bond motifs is 1. The van der Waals surface area contributed by atoms with Gasteiger partial charge in [0.25, 0.3) is 0 Å². The van der Waals surface area contributed by atoms with Gasteiger partial charge in [0, 0.05) is 24.1 Å². The van der Waals surface area contributed by atoms with Crippen LogP contribution in [0.4, 0.5) is 23.8 Å². The summed E-state index contributed by atoms with van der Waals surface area (Å²) in [6.45, 7) is 0.898. The zero-order valence-electron chi connectivity index (χ0n) is 19.4. The molecule has 6 nitrogen and oxygen atoms in total. The zero-order chi connectivity index (χ0) is 24.6. The maximum absolute atomic E-state index is 13.2. The van der Waals surface area contributed by atoms with Crippen LogP contribution in [0.2, 0.25) is 0 Å². The van der Waals surface area contributed by atoms with Crippen LogP contribution in [0, 0.1) is 0 Å². The number of carbonyl (C=O) groups excluding carboxylic acids is 1. The summed E-state index contributed by atoms with van der Waals surface area (Å²) in [5.74, 6) is 0.352. The number of para-hydroxylation sites is 1. The van der Waals surface area contributed by atoms with Crippen molar-refractivity contribution in [3.63, 3.8) is 0 Å². The van der Waals surface area contributed by atoms with Crippen molar-refractivity contribution in [1.82, 2.24) is 20.0 Å². The van der Waals surface area contributed by atoms with E-state index in [1.165, 1.54) is 4.90 Å². The van der Waals surface area contributed by atoms with Crippen molar-refractivity contribution in [3.05, 3.63) is 77.5 Å². The summed E-state index contributed by atoms with van der Waals surface area (Å²) in [4.78, 5) is 14.6. The van der Waals surface area contributed by atoms with Gasteiger partial charge in [0.05, 0.1) is 24.0 Å². The third-order valence-corrected chi connectivity index (χ3v) is 6.98.